The maximum atomic E-state index is 13.4. The molecule has 1 saturated heterocycles. The second-order valence-corrected chi connectivity index (χ2v) is 8.74. The number of H-pyrrole nitrogens is 1. The number of unbranched alkanes of at least 4 members (excludes halogenated alkanes) is 1. The van der Waals surface area contributed by atoms with Crippen molar-refractivity contribution in [3.05, 3.63) is 71.2 Å². The lowest BCUT2D eigenvalue weighted by molar-refractivity contribution is 0.202. The average Bonchev–Trinajstić information content (AvgIpc) is 3.35. The summed E-state index contributed by atoms with van der Waals surface area (Å²) in [6.45, 7) is 7.01. The van der Waals surface area contributed by atoms with Crippen molar-refractivity contribution in [1.29, 1.82) is 0 Å². The Labute approximate surface area is 184 Å². The second kappa shape index (κ2) is 9.51. The summed E-state index contributed by atoms with van der Waals surface area (Å²) in [5.41, 5.74) is 5.31. The van der Waals surface area contributed by atoms with Crippen molar-refractivity contribution >= 4 is 23.3 Å². The van der Waals surface area contributed by atoms with Gasteiger partial charge in [-0.15, -0.1) is 12.4 Å². The summed E-state index contributed by atoms with van der Waals surface area (Å²) in [4.78, 5) is 8.46. The lowest BCUT2D eigenvalue weighted by Gasteiger charge is -2.32. The molecule has 0 unspecified atom stereocenters. The highest BCUT2D eigenvalue weighted by molar-refractivity contribution is 5.85. The number of hydrogen-bond donors (Lipinski definition) is 1. The molecule has 1 N–H and O–H groups in total. The fraction of sp³-hybridized carbons (Fsp3) is 0.440. The summed E-state index contributed by atoms with van der Waals surface area (Å²) >= 11 is 0. The van der Waals surface area contributed by atoms with Gasteiger partial charge in [0.2, 0.25) is 0 Å². The zero-order chi connectivity index (χ0) is 19.6. The molecule has 0 atom stereocenters. The van der Waals surface area contributed by atoms with Crippen LogP contribution in [0, 0.1) is 5.82 Å². The first-order valence-electron chi connectivity index (χ1n) is 11.0. The first-order valence-corrected chi connectivity index (χ1v) is 11.0. The van der Waals surface area contributed by atoms with Crippen LogP contribution in [-0.2, 0) is 13.1 Å². The van der Waals surface area contributed by atoms with Crippen LogP contribution in [0.5, 0.6) is 0 Å². The van der Waals surface area contributed by atoms with E-state index in [4.69, 9.17) is 0 Å². The SMILES string of the molecule is Cl.Fc1ccc2c(C3CCN(CCCCN4Cc5ccccc5C4)CC3)c[nH]c2c1. The van der Waals surface area contributed by atoms with Crippen LogP contribution in [0.3, 0.4) is 0 Å². The van der Waals surface area contributed by atoms with Gasteiger partial charge in [0.05, 0.1) is 0 Å². The normalized spacial score (nSPS) is 17.9. The smallest absolute Gasteiger partial charge is 0.125 e. The van der Waals surface area contributed by atoms with Gasteiger partial charge in [0.1, 0.15) is 5.82 Å². The predicted molar refractivity (Wildman–Crippen MR) is 124 cm³/mol. The van der Waals surface area contributed by atoms with Crippen LogP contribution in [0.2, 0.25) is 0 Å². The molecule has 3 nitrogen and oxygen atoms in total. The minimum atomic E-state index is -0.168. The van der Waals surface area contributed by atoms with Crippen molar-refractivity contribution in [2.45, 2.75) is 44.7 Å². The van der Waals surface area contributed by atoms with Crippen LogP contribution in [0.15, 0.2) is 48.7 Å². The minimum Gasteiger partial charge on any atom is -0.361 e. The number of aromatic nitrogens is 1. The molecule has 160 valence electrons. The number of nitrogens with one attached hydrogen (secondary N) is 1. The molecule has 0 spiro atoms. The highest BCUT2D eigenvalue weighted by Gasteiger charge is 2.23. The first kappa shape index (κ1) is 21.4. The third kappa shape index (κ3) is 4.56. The third-order valence-electron chi connectivity index (χ3n) is 6.81. The van der Waals surface area contributed by atoms with E-state index in [-0.39, 0.29) is 18.2 Å². The van der Waals surface area contributed by atoms with Crippen LogP contribution >= 0.6 is 12.4 Å². The van der Waals surface area contributed by atoms with Crippen molar-refractivity contribution in [3.8, 4) is 0 Å². The Bertz CT molecular complexity index is 952. The molecule has 1 aromatic heterocycles. The molecular formula is C25H31ClFN3. The summed E-state index contributed by atoms with van der Waals surface area (Å²) in [5.74, 6) is 0.423. The molecule has 3 heterocycles. The monoisotopic (exact) mass is 427 g/mol. The van der Waals surface area contributed by atoms with Crippen molar-refractivity contribution in [2.75, 3.05) is 26.2 Å². The third-order valence-corrected chi connectivity index (χ3v) is 6.81. The zero-order valence-corrected chi connectivity index (χ0v) is 18.3. The minimum absolute atomic E-state index is 0. The topological polar surface area (TPSA) is 22.3 Å². The maximum Gasteiger partial charge on any atom is 0.125 e. The Kier molecular flexibility index (Phi) is 6.77. The van der Waals surface area contributed by atoms with E-state index in [1.54, 1.807) is 12.1 Å². The molecule has 30 heavy (non-hydrogen) atoms. The quantitative estimate of drug-likeness (QED) is 0.509. The van der Waals surface area contributed by atoms with Gasteiger partial charge in [-0.3, -0.25) is 4.90 Å². The number of piperidine rings is 1. The molecule has 0 radical (unpaired) electrons. The Morgan fingerprint density at radius 3 is 2.27 bits per heavy atom. The number of fused-ring (bicyclic) bond motifs is 2. The Hall–Kier alpha value is -1.88. The summed E-state index contributed by atoms with van der Waals surface area (Å²) < 4.78 is 13.4. The average molecular weight is 428 g/mol. The fourth-order valence-corrected chi connectivity index (χ4v) is 5.16. The zero-order valence-electron chi connectivity index (χ0n) is 17.4. The molecule has 1 fully saturated rings. The molecule has 2 aromatic carbocycles. The van der Waals surface area contributed by atoms with Crippen molar-refractivity contribution in [3.63, 3.8) is 0 Å². The van der Waals surface area contributed by atoms with Crippen LogP contribution < -0.4 is 0 Å². The van der Waals surface area contributed by atoms with Crippen molar-refractivity contribution in [1.82, 2.24) is 14.8 Å². The number of hydrogen-bond acceptors (Lipinski definition) is 2. The highest BCUT2D eigenvalue weighted by Crippen LogP contribution is 2.33. The largest absolute Gasteiger partial charge is 0.361 e. The van der Waals surface area contributed by atoms with Gasteiger partial charge in [-0.25, -0.2) is 4.39 Å². The lowest BCUT2D eigenvalue weighted by Crippen LogP contribution is -2.34. The molecule has 0 aliphatic carbocycles. The van der Waals surface area contributed by atoms with Gasteiger partial charge >= 0.3 is 0 Å². The van der Waals surface area contributed by atoms with E-state index in [1.165, 1.54) is 73.9 Å². The molecule has 2 aliphatic heterocycles. The molecule has 0 amide bonds. The molecule has 3 aromatic rings. The van der Waals surface area contributed by atoms with E-state index >= 15 is 0 Å². The fourth-order valence-electron chi connectivity index (χ4n) is 5.16. The molecular weight excluding hydrogens is 397 g/mol. The van der Waals surface area contributed by atoms with Gasteiger partial charge < -0.3 is 9.88 Å². The van der Waals surface area contributed by atoms with Gasteiger partial charge in [0.25, 0.3) is 0 Å². The van der Waals surface area contributed by atoms with E-state index in [9.17, 15) is 4.39 Å². The number of aromatic amines is 1. The van der Waals surface area contributed by atoms with E-state index in [1.807, 2.05) is 6.07 Å². The first-order chi connectivity index (χ1) is 14.3. The highest BCUT2D eigenvalue weighted by atomic mass is 35.5. The number of benzene rings is 2. The number of halogens is 2. The molecule has 0 bridgehead atoms. The molecule has 5 heteroatoms. The number of rotatable bonds is 6. The Balaban J connectivity index is 0.00000218. The number of likely N-dealkylation sites (tertiary alicyclic amines) is 1. The van der Waals surface area contributed by atoms with Crippen LogP contribution in [-0.4, -0.2) is 41.0 Å². The molecule has 5 rings (SSSR count). The molecule has 0 saturated carbocycles. The van der Waals surface area contributed by atoms with E-state index in [2.05, 4.69) is 45.2 Å². The van der Waals surface area contributed by atoms with Gasteiger partial charge in [-0.2, -0.15) is 0 Å². The summed E-state index contributed by atoms with van der Waals surface area (Å²) in [7, 11) is 0. The van der Waals surface area contributed by atoms with E-state index < -0.39 is 0 Å². The van der Waals surface area contributed by atoms with Crippen molar-refractivity contribution in [2.24, 2.45) is 0 Å². The summed E-state index contributed by atoms with van der Waals surface area (Å²) in [5, 5.41) is 1.19. The van der Waals surface area contributed by atoms with Crippen LogP contribution in [0.4, 0.5) is 4.39 Å². The number of nitrogens with zero attached hydrogens (tertiary/aromatic N) is 2. The van der Waals surface area contributed by atoms with Crippen LogP contribution in [0.1, 0.15) is 48.3 Å². The van der Waals surface area contributed by atoms with Crippen molar-refractivity contribution < 1.29 is 4.39 Å². The predicted octanol–water partition coefficient (Wildman–Crippen LogP) is 5.70. The standard InChI is InChI=1S/C25H30FN3.ClH/c26-22-7-8-23-24(16-27-25(23)15-22)19-9-13-28(14-10-19)11-3-4-12-29-17-20-5-1-2-6-21(20)18-29;/h1-2,5-8,15-16,19,27H,3-4,9-14,17-18H2;1H. The van der Waals surface area contributed by atoms with Gasteiger partial charge in [0.15, 0.2) is 0 Å². The van der Waals surface area contributed by atoms with E-state index in [0.29, 0.717) is 5.92 Å². The molecule has 2 aliphatic rings. The van der Waals surface area contributed by atoms with Gasteiger partial charge in [0, 0.05) is 30.2 Å². The summed E-state index contributed by atoms with van der Waals surface area (Å²) in [6, 6.07) is 14.0. The van der Waals surface area contributed by atoms with Gasteiger partial charge in [-0.1, -0.05) is 24.3 Å². The lowest BCUT2D eigenvalue weighted by atomic mass is 9.89. The second-order valence-electron chi connectivity index (χ2n) is 8.74. The van der Waals surface area contributed by atoms with Crippen LogP contribution in [0.25, 0.3) is 10.9 Å². The van der Waals surface area contributed by atoms with E-state index in [0.717, 1.165) is 18.6 Å². The summed E-state index contributed by atoms with van der Waals surface area (Å²) in [6.07, 6.45) is 7.06. The Morgan fingerprint density at radius 2 is 1.57 bits per heavy atom. The Morgan fingerprint density at radius 1 is 0.900 bits per heavy atom. The van der Waals surface area contributed by atoms with Gasteiger partial charge in [-0.05, 0) is 92.7 Å². The maximum absolute atomic E-state index is 13.4.